The number of hydrogen-bond donors (Lipinski definition) is 2. The van der Waals surface area contributed by atoms with Crippen molar-refractivity contribution < 1.29 is 18.0 Å². The van der Waals surface area contributed by atoms with Crippen LogP contribution in [0.5, 0.6) is 0 Å². The number of aryl methyl sites for hydroxylation is 2. The third kappa shape index (κ3) is 5.37. The molecule has 2 N–H and O–H groups in total. The third-order valence-electron chi connectivity index (χ3n) is 6.10. The van der Waals surface area contributed by atoms with Crippen molar-refractivity contribution in [2.45, 2.75) is 51.5 Å². The van der Waals surface area contributed by atoms with Gasteiger partial charge in [0, 0.05) is 24.7 Å². The molecule has 1 heterocycles. The van der Waals surface area contributed by atoms with Gasteiger partial charge < -0.3 is 10.6 Å². The van der Waals surface area contributed by atoms with Gasteiger partial charge in [-0.05, 0) is 69.9 Å². The smallest absolute Gasteiger partial charge is 0.246 e. The Labute approximate surface area is 190 Å². The fourth-order valence-electron chi connectivity index (χ4n) is 3.74. The highest BCUT2D eigenvalue weighted by molar-refractivity contribution is 7.89. The molecule has 1 saturated heterocycles. The number of benzene rings is 2. The average Bonchev–Trinajstić information content (AvgIpc) is 2.77. The van der Waals surface area contributed by atoms with E-state index in [0.717, 1.165) is 22.4 Å². The predicted octanol–water partition coefficient (Wildman–Crippen LogP) is 3.16. The van der Waals surface area contributed by atoms with Gasteiger partial charge in [0.05, 0.1) is 4.90 Å². The second kappa shape index (κ2) is 9.83. The van der Waals surface area contributed by atoms with E-state index < -0.39 is 16.1 Å². The van der Waals surface area contributed by atoms with Crippen molar-refractivity contribution in [2.24, 2.45) is 5.92 Å². The van der Waals surface area contributed by atoms with Crippen LogP contribution in [0.1, 0.15) is 36.5 Å². The summed E-state index contributed by atoms with van der Waals surface area (Å²) in [5.74, 6) is -0.831. The van der Waals surface area contributed by atoms with Crippen LogP contribution in [-0.4, -0.2) is 43.7 Å². The molecule has 0 unspecified atom stereocenters. The first-order chi connectivity index (χ1) is 15.1. The Balaban J connectivity index is 1.54. The number of anilines is 1. The summed E-state index contributed by atoms with van der Waals surface area (Å²) in [5, 5.41) is 5.64. The number of carbonyl (C=O) groups is 2. The lowest BCUT2D eigenvalue weighted by Gasteiger charge is -2.31. The second-order valence-corrected chi connectivity index (χ2v) is 10.4. The van der Waals surface area contributed by atoms with Gasteiger partial charge in [-0.15, -0.1) is 0 Å². The number of amides is 2. The molecule has 0 bridgehead atoms. The molecule has 2 aromatic carbocycles. The minimum Gasteiger partial charge on any atom is -0.344 e. The highest BCUT2D eigenvalue weighted by atomic mass is 32.2. The van der Waals surface area contributed by atoms with Gasteiger partial charge in [0.1, 0.15) is 6.04 Å². The summed E-state index contributed by atoms with van der Waals surface area (Å²) in [6.07, 6.45) is 0.838. The summed E-state index contributed by atoms with van der Waals surface area (Å²) < 4.78 is 27.1. The molecule has 0 radical (unpaired) electrons. The van der Waals surface area contributed by atoms with Crippen LogP contribution in [0.4, 0.5) is 5.69 Å². The van der Waals surface area contributed by atoms with Gasteiger partial charge in [0.25, 0.3) is 0 Å². The highest BCUT2D eigenvalue weighted by Crippen LogP contribution is 2.24. The van der Waals surface area contributed by atoms with Crippen LogP contribution in [0, 0.1) is 26.7 Å². The summed E-state index contributed by atoms with van der Waals surface area (Å²) in [5.41, 5.74) is 3.79. The Bertz CT molecular complexity index is 1090. The molecule has 0 aromatic heterocycles. The fraction of sp³-hybridized carbons (Fsp3) is 0.417. The quantitative estimate of drug-likeness (QED) is 0.697. The molecule has 2 amide bonds. The Morgan fingerprint density at radius 3 is 2.25 bits per heavy atom. The lowest BCUT2D eigenvalue weighted by atomic mass is 9.97. The third-order valence-corrected chi connectivity index (χ3v) is 8.01. The van der Waals surface area contributed by atoms with Crippen LogP contribution in [0.15, 0.2) is 47.4 Å². The zero-order valence-electron chi connectivity index (χ0n) is 19.0. The van der Waals surface area contributed by atoms with E-state index in [9.17, 15) is 18.0 Å². The van der Waals surface area contributed by atoms with Crippen molar-refractivity contribution in [2.75, 3.05) is 18.4 Å². The van der Waals surface area contributed by atoms with Crippen molar-refractivity contribution in [1.29, 1.82) is 0 Å². The molecule has 0 saturated carbocycles. The van der Waals surface area contributed by atoms with Gasteiger partial charge in [0.15, 0.2) is 0 Å². The molecule has 1 aliphatic heterocycles. The minimum atomic E-state index is -3.57. The SMILES string of the molecule is Cc1ccc(S(=O)(=O)N2CCC(C(=O)N[C@@H](C)C(=O)Nc3cccc(C)c3C)CC2)cc1. The first-order valence-corrected chi connectivity index (χ1v) is 12.3. The normalized spacial score (nSPS) is 16.4. The van der Waals surface area contributed by atoms with Crippen molar-refractivity contribution in [3.05, 3.63) is 59.2 Å². The van der Waals surface area contributed by atoms with E-state index in [1.807, 2.05) is 39.0 Å². The first kappa shape index (κ1) is 23.9. The molecule has 7 nitrogen and oxygen atoms in total. The van der Waals surface area contributed by atoms with E-state index in [1.165, 1.54) is 4.31 Å². The largest absolute Gasteiger partial charge is 0.344 e. The predicted molar refractivity (Wildman–Crippen MR) is 125 cm³/mol. The maximum absolute atomic E-state index is 12.8. The van der Waals surface area contributed by atoms with Crippen molar-refractivity contribution in [3.8, 4) is 0 Å². The molecule has 1 atom stereocenters. The van der Waals surface area contributed by atoms with E-state index in [2.05, 4.69) is 10.6 Å². The van der Waals surface area contributed by atoms with Gasteiger partial charge in [-0.25, -0.2) is 8.42 Å². The first-order valence-electron chi connectivity index (χ1n) is 10.8. The van der Waals surface area contributed by atoms with E-state index in [0.29, 0.717) is 12.8 Å². The zero-order chi connectivity index (χ0) is 23.5. The fourth-order valence-corrected chi connectivity index (χ4v) is 5.21. The van der Waals surface area contributed by atoms with Crippen LogP contribution in [0.3, 0.4) is 0 Å². The van der Waals surface area contributed by atoms with Gasteiger partial charge >= 0.3 is 0 Å². The molecular weight excluding hydrogens is 426 g/mol. The van der Waals surface area contributed by atoms with Crippen LogP contribution >= 0.6 is 0 Å². The minimum absolute atomic E-state index is 0.221. The summed E-state index contributed by atoms with van der Waals surface area (Å²) in [6, 6.07) is 11.8. The summed E-state index contributed by atoms with van der Waals surface area (Å²) in [6.45, 7) is 8.02. The van der Waals surface area contributed by atoms with Gasteiger partial charge in [-0.2, -0.15) is 4.31 Å². The average molecular weight is 458 g/mol. The number of piperidine rings is 1. The van der Waals surface area contributed by atoms with E-state index in [-0.39, 0.29) is 35.7 Å². The van der Waals surface area contributed by atoms with Gasteiger partial charge in [-0.3, -0.25) is 9.59 Å². The van der Waals surface area contributed by atoms with Crippen LogP contribution in [0.2, 0.25) is 0 Å². The van der Waals surface area contributed by atoms with Crippen molar-refractivity contribution in [3.63, 3.8) is 0 Å². The van der Waals surface area contributed by atoms with Gasteiger partial charge in [0.2, 0.25) is 21.8 Å². The van der Waals surface area contributed by atoms with Crippen molar-refractivity contribution >= 4 is 27.5 Å². The molecule has 0 aliphatic carbocycles. The molecule has 2 aromatic rings. The maximum atomic E-state index is 12.8. The maximum Gasteiger partial charge on any atom is 0.246 e. The van der Waals surface area contributed by atoms with E-state index in [1.54, 1.807) is 31.2 Å². The number of nitrogens with one attached hydrogen (secondary N) is 2. The zero-order valence-corrected chi connectivity index (χ0v) is 19.8. The molecule has 0 spiro atoms. The number of carbonyl (C=O) groups excluding carboxylic acids is 2. The van der Waals surface area contributed by atoms with Crippen LogP contribution < -0.4 is 10.6 Å². The van der Waals surface area contributed by atoms with Crippen LogP contribution in [0.25, 0.3) is 0 Å². The Hall–Kier alpha value is -2.71. The topological polar surface area (TPSA) is 95.6 Å². The molecule has 8 heteroatoms. The lowest BCUT2D eigenvalue weighted by molar-refractivity contribution is -0.129. The number of nitrogens with zero attached hydrogens (tertiary/aromatic N) is 1. The molecular formula is C24H31N3O4S. The van der Waals surface area contributed by atoms with Crippen LogP contribution in [-0.2, 0) is 19.6 Å². The molecule has 1 fully saturated rings. The molecule has 3 rings (SSSR count). The Kier molecular flexibility index (Phi) is 7.36. The summed E-state index contributed by atoms with van der Waals surface area (Å²) in [4.78, 5) is 25.5. The Morgan fingerprint density at radius 2 is 1.62 bits per heavy atom. The van der Waals surface area contributed by atoms with Gasteiger partial charge in [-0.1, -0.05) is 29.8 Å². The monoisotopic (exact) mass is 457 g/mol. The molecule has 32 heavy (non-hydrogen) atoms. The van der Waals surface area contributed by atoms with E-state index in [4.69, 9.17) is 0 Å². The number of sulfonamides is 1. The summed E-state index contributed by atoms with van der Waals surface area (Å²) in [7, 11) is -3.57. The van der Waals surface area contributed by atoms with E-state index >= 15 is 0 Å². The standard InChI is InChI=1S/C24H31N3O4S/c1-16-8-10-21(11-9-16)32(30,31)27-14-12-20(13-15-27)24(29)25-19(4)23(28)26-22-7-5-6-17(2)18(22)3/h5-11,19-20H,12-15H2,1-4H3,(H,25,29)(H,26,28)/t19-/m0/s1. The lowest BCUT2D eigenvalue weighted by Crippen LogP contribution is -2.47. The molecule has 1 aliphatic rings. The number of hydrogen-bond acceptors (Lipinski definition) is 4. The molecule has 172 valence electrons. The Morgan fingerprint density at radius 1 is 1.00 bits per heavy atom. The summed E-state index contributed by atoms with van der Waals surface area (Å²) >= 11 is 0. The second-order valence-electron chi connectivity index (χ2n) is 8.46. The number of rotatable bonds is 6. The van der Waals surface area contributed by atoms with Crippen molar-refractivity contribution in [1.82, 2.24) is 9.62 Å². The highest BCUT2D eigenvalue weighted by Gasteiger charge is 2.33.